The van der Waals surface area contributed by atoms with Crippen molar-refractivity contribution in [2.45, 2.75) is 13.3 Å². The predicted molar refractivity (Wildman–Crippen MR) is 51.6 cm³/mol. The summed E-state index contributed by atoms with van der Waals surface area (Å²) in [6, 6.07) is 2.09. The molecule has 0 aromatic carbocycles. The minimum Gasteiger partial charge on any atom is -0.317 e. The van der Waals surface area contributed by atoms with Gasteiger partial charge < -0.3 is 5.32 Å². The van der Waals surface area contributed by atoms with E-state index in [0.29, 0.717) is 0 Å². The van der Waals surface area contributed by atoms with Crippen molar-refractivity contribution < 1.29 is 0 Å². The van der Waals surface area contributed by atoms with Crippen LogP contribution in [0.2, 0.25) is 4.34 Å². The number of rotatable bonds is 4. The lowest BCUT2D eigenvalue weighted by Gasteiger charge is -1.99. The molecular formula is C8H12ClNS. The van der Waals surface area contributed by atoms with E-state index < -0.39 is 0 Å². The standard InChI is InChI=1S/C8H12ClNS/c1-2-10-5-3-7-4-6-11-8(7)9/h4,6,10H,2-3,5H2,1H3. The Bertz CT molecular complexity index is 210. The third-order valence-corrected chi connectivity index (χ3v) is 2.77. The van der Waals surface area contributed by atoms with Gasteiger partial charge in [-0.1, -0.05) is 18.5 Å². The second kappa shape index (κ2) is 4.75. The Balaban J connectivity index is 2.32. The quantitative estimate of drug-likeness (QED) is 0.718. The monoisotopic (exact) mass is 189 g/mol. The minimum atomic E-state index is 0.933. The molecule has 0 atom stereocenters. The third kappa shape index (κ3) is 2.81. The Kier molecular flexibility index (Phi) is 3.91. The van der Waals surface area contributed by atoms with Crippen molar-refractivity contribution in [2.75, 3.05) is 13.1 Å². The van der Waals surface area contributed by atoms with E-state index in [4.69, 9.17) is 11.6 Å². The topological polar surface area (TPSA) is 12.0 Å². The van der Waals surface area contributed by atoms with Crippen molar-refractivity contribution in [1.82, 2.24) is 5.32 Å². The van der Waals surface area contributed by atoms with Gasteiger partial charge in [-0.05, 0) is 36.5 Å². The van der Waals surface area contributed by atoms with Gasteiger partial charge in [-0.25, -0.2) is 0 Å². The average Bonchev–Trinajstić information content (AvgIpc) is 2.37. The van der Waals surface area contributed by atoms with Gasteiger partial charge in [-0.3, -0.25) is 0 Å². The van der Waals surface area contributed by atoms with Crippen LogP contribution >= 0.6 is 22.9 Å². The number of likely N-dealkylation sites (N-methyl/N-ethyl adjacent to an activating group) is 1. The Morgan fingerprint density at radius 1 is 1.64 bits per heavy atom. The van der Waals surface area contributed by atoms with Crippen LogP contribution in [-0.4, -0.2) is 13.1 Å². The normalized spacial score (nSPS) is 10.4. The first-order valence-corrected chi connectivity index (χ1v) is 5.03. The highest BCUT2D eigenvalue weighted by Gasteiger charge is 1.99. The van der Waals surface area contributed by atoms with Crippen molar-refractivity contribution in [3.05, 3.63) is 21.3 Å². The molecule has 1 aromatic rings. The lowest BCUT2D eigenvalue weighted by Crippen LogP contribution is -2.15. The van der Waals surface area contributed by atoms with Gasteiger partial charge in [-0.2, -0.15) is 0 Å². The minimum absolute atomic E-state index is 0.933. The smallest absolute Gasteiger partial charge is 0.0960 e. The van der Waals surface area contributed by atoms with Crippen LogP contribution in [-0.2, 0) is 6.42 Å². The molecule has 1 rings (SSSR count). The highest BCUT2D eigenvalue weighted by atomic mass is 35.5. The predicted octanol–water partition coefficient (Wildman–Crippen LogP) is 2.55. The molecule has 0 aliphatic carbocycles. The fraction of sp³-hybridized carbons (Fsp3) is 0.500. The number of hydrogen-bond donors (Lipinski definition) is 1. The molecular weight excluding hydrogens is 178 g/mol. The maximum absolute atomic E-state index is 5.91. The van der Waals surface area contributed by atoms with Crippen LogP contribution in [0.1, 0.15) is 12.5 Å². The Labute approximate surface area is 76.4 Å². The summed E-state index contributed by atoms with van der Waals surface area (Å²) in [6.07, 6.45) is 1.04. The van der Waals surface area contributed by atoms with E-state index in [1.54, 1.807) is 11.3 Å². The number of hydrogen-bond acceptors (Lipinski definition) is 2. The van der Waals surface area contributed by atoms with E-state index in [0.717, 1.165) is 23.8 Å². The van der Waals surface area contributed by atoms with Gasteiger partial charge >= 0.3 is 0 Å². The van der Waals surface area contributed by atoms with Gasteiger partial charge in [0.05, 0.1) is 4.34 Å². The zero-order valence-electron chi connectivity index (χ0n) is 6.56. The summed E-state index contributed by atoms with van der Waals surface area (Å²) in [6.45, 7) is 4.16. The molecule has 0 amide bonds. The van der Waals surface area contributed by atoms with Crippen molar-refractivity contribution in [2.24, 2.45) is 0 Å². The molecule has 0 aliphatic rings. The zero-order chi connectivity index (χ0) is 8.10. The molecule has 1 heterocycles. The van der Waals surface area contributed by atoms with Crippen LogP contribution < -0.4 is 5.32 Å². The lowest BCUT2D eigenvalue weighted by molar-refractivity contribution is 0.717. The van der Waals surface area contributed by atoms with Crippen LogP contribution in [0.3, 0.4) is 0 Å². The van der Waals surface area contributed by atoms with Crippen LogP contribution in [0.5, 0.6) is 0 Å². The summed E-state index contributed by atoms with van der Waals surface area (Å²) in [5, 5.41) is 5.29. The largest absolute Gasteiger partial charge is 0.317 e. The second-order valence-corrected chi connectivity index (χ2v) is 3.84. The maximum atomic E-state index is 5.91. The second-order valence-electron chi connectivity index (χ2n) is 2.32. The Hall–Kier alpha value is -0.0500. The molecule has 0 spiro atoms. The van der Waals surface area contributed by atoms with E-state index >= 15 is 0 Å². The van der Waals surface area contributed by atoms with Crippen LogP contribution in [0.4, 0.5) is 0 Å². The van der Waals surface area contributed by atoms with E-state index in [2.05, 4.69) is 18.3 Å². The van der Waals surface area contributed by atoms with E-state index in [-0.39, 0.29) is 0 Å². The van der Waals surface area contributed by atoms with Crippen LogP contribution in [0.25, 0.3) is 0 Å². The fourth-order valence-corrected chi connectivity index (χ4v) is 1.88. The van der Waals surface area contributed by atoms with Crippen LogP contribution in [0, 0.1) is 0 Å². The van der Waals surface area contributed by atoms with Crippen LogP contribution in [0.15, 0.2) is 11.4 Å². The summed E-state index contributed by atoms with van der Waals surface area (Å²) in [4.78, 5) is 0. The molecule has 1 aromatic heterocycles. The first-order chi connectivity index (χ1) is 5.34. The zero-order valence-corrected chi connectivity index (χ0v) is 8.13. The highest BCUT2D eigenvalue weighted by Crippen LogP contribution is 2.22. The van der Waals surface area contributed by atoms with Crippen molar-refractivity contribution in [1.29, 1.82) is 0 Å². The maximum Gasteiger partial charge on any atom is 0.0960 e. The van der Waals surface area contributed by atoms with Gasteiger partial charge in [0.15, 0.2) is 0 Å². The van der Waals surface area contributed by atoms with Crippen molar-refractivity contribution >= 4 is 22.9 Å². The molecule has 62 valence electrons. The number of nitrogens with one attached hydrogen (secondary N) is 1. The molecule has 0 radical (unpaired) electrons. The summed E-state index contributed by atoms with van der Waals surface area (Å²) < 4.78 is 0.933. The molecule has 0 fully saturated rings. The first kappa shape index (κ1) is 9.04. The van der Waals surface area contributed by atoms with Gasteiger partial charge in [0, 0.05) is 0 Å². The summed E-state index contributed by atoms with van der Waals surface area (Å²) in [5.74, 6) is 0. The summed E-state index contributed by atoms with van der Waals surface area (Å²) >= 11 is 7.51. The van der Waals surface area contributed by atoms with Crippen molar-refractivity contribution in [3.8, 4) is 0 Å². The number of halogens is 1. The summed E-state index contributed by atoms with van der Waals surface area (Å²) in [5.41, 5.74) is 1.26. The number of thiophene rings is 1. The molecule has 1 N–H and O–H groups in total. The molecule has 3 heteroatoms. The SMILES string of the molecule is CCNCCc1ccsc1Cl. The molecule has 0 saturated heterocycles. The fourth-order valence-electron chi connectivity index (χ4n) is 0.899. The summed E-state index contributed by atoms with van der Waals surface area (Å²) in [7, 11) is 0. The van der Waals surface area contributed by atoms with Crippen molar-refractivity contribution in [3.63, 3.8) is 0 Å². The van der Waals surface area contributed by atoms with Gasteiger partial charge in [-0.15, -0.1) is 11.3 Å². The first-order valence-electron chi connectivity index (χ1n) is 3.77. The molecule has 11 heavy (non-hydrogen) atoms. The molecule has 0 bridgehead atoms. The lowest BCUT2D eigenvalue weighted by atomic mass is 10.2. The average molecular weight is 190 g/mol. The van der Waals surface area contributed by atoms with Gasteiger partial charge in [0.2, 0.25) is 0 Å². The molecule has 1 nitrogen and oxygen atoms in total. The molecule has 0 unspecified atom stereocenters. The third-order valence-electron chi connectivity index (χ3n) is 1.51. The Morgan fingerprint density at radius 3 is 3.00 bits per heavy atom. The highest BCUT2D eigenvalue weighted by molar-refractivity contribution is 7.14. The van der Waals surface area contributed by atoms with E-state index in [9.17, 15) is 0 Å². The molecule has 0 aliphatic heterocycles. The van der Waals surface area contributed by atoms with Gasteiger partial charge in [0.25, 0.3) is 0 Å². The Morgan fingerprint density at radius 2 is 2.45 bits per heavy atom. The van der Waals surface area contributed by atoms with E-state index in [1.807, 2.05) is 5.38 Å². The van der Waals surface area contributed by atoms with Gasteiger partial charge in [0.1, 0.15) is 0 Å². The van der Waals surface area contributed by atoms with E-state index in [1.165, 1.54) is 5.56 Å². The molecule has 0 saturated carbocycles.